The number of phenols is 1. The highest BCUT2D eigenvalue weighted by atomic mass is 16.3. The molecule has 0 aliphatic rings. The minimum atomic E-state index is 0.255. The first-order valence-electron chi connectivity index (χ1n) is 6.91. The van der Waals surface area contributed by atoms with E-state index in [-0.39, 0.29) is 5.75 Å². The minimum absolute atomic E-state index is 0.255. The average molecular weight is 292 g/mol. The fourth-order valence-electron chi connectivity index (χ4n) is 2.05. The number of benzene rings is 2. The fourth-order valence-corrected chi connectivity index (χ4v) is 2.05. The quantitative estimate of drug-likeness (QED) is 0.644. The first-order chi connectivity index (χ1) is 10.7. The number of nitrogens with one attached hydrogen (secondary N) is 1. The highest BCUT2D eigenvalue weighted by Gasteiger charge is 2.02. The van der Waals surface area contributed by atoms with Gasteiger partial charge in [0.05, 0.1) is 5.69 Å². The molecule has 0 aliphatic heterocycles. The number of rotatable bonds is 4. The number of nitrogens with two attached hydrogens (primary N) is 1. The second-order valence-corrected chi connectivity index (χ2v) is 4.91. The number of hydrogen-bond donors (Lipinski definition) is 3. The molecule has 5 nitrogen and oxygen atoms in total. The van der Waals surface area contributed by atoms with E-state index in [1.807, 2.05) is 42.5 Å². The molecule has 3 aromatic rings. The lowest BCUT2D eigenvalue weighted by atomic mass is 10.1. The van der Waals surface area contributed by atoms with Crippen LogP contribution in [0.2, 0.25) is 0 Å². The van der Waals surface area contributed by atoms with Crippen LogP contribution in [0.4, 0.5) is 11.6 Å². The van der Waals surface area contributed by atoms with Crippen molar-refractivity contribution in [2.75, 3.05) is 11.1 Å². The standard InChI is InChI=1S/C17H16N4O/c18-14-5-3-13(4-6-14)16-9-10-19-17(21-16)20-11-12-1-7-15(22)8-2-12/h1-10,22H,11,18H2,(H,19,20,21). The van der Waals surface area contributed by atoms with E-state index in [0.29, 0.717) is 12.5 Å². The molecule has 4 N–H and O–H groups in total. The molecule has 0 atom stereocenters. The van der Waals surface area contributed by atoms with Crippen LogP contribution < -0.4 is 11.1 Å². The van der Waals surface area contributed by atoms with Crippen LogP contribution in [0.5, 0.6) is 5.75 Å². The van der Waals surface area contributed by atoms with E-state index in [0.717, 1.165) is 22.5 Å². The lowest BCUT2D eigenvalue weighted by Gasteiger charge is -2.07. The SMILES string of the molecule is Nc1ccc(-c2ccnc(NCc3ccc(O)cc3)n2)cc1. The van der Waals surface area contributed by atoms with E-state index in [1.54, 1.807) is 18.3 Å². The molecule has 0 aliphatic carbocycles. The van der Waals surface area contributed by atoms with Gasteiger partial charge in [-0.2, -0.15) is 0 Å². The molecule has 5 heteroatoms. The van der Waals surface area contributed by atoms with Crippen LogP contribution in [0.15, 0.2) is 60.8 Å². The molecule has 22 heavy (non-hydrogen) atoms. The van der Waals surface area contributed by atoms with Crippen molar-refractivity contribution in [3.8, 4) is 17.0 Å². The zero-order valence-corrected chi connectivity index (χ0v) is 11.9. The molecular formula is C17H16N4O. The average Bonchev–Trinajstić information content (AvgIpc) is 2.55. The zero-order valence-electron chi connectivity index (χ0n) is 11.9. The van der Waals surface area contributed by atoms with Gasteiger partial charge in [-0.1, -0.05) is 24.3 Å². The third-order valence-electron chi connectivity index (χ3n) is 3.25. The van der Waals surface area contributed by atoms with Gasteiger partial charge in [0.1, 0.15) is 5.75 Å². The monoisotopic (exact) mass is 292 g/mol. The molecule has 0 saturated heterocycles. The van der Waals surface area contributed by atoms with Crippen molar-refractivity contribution in [3.63, 3.8) is 0 Å². The third-order valence-corrected chi connectivity index (χ3v) is 3.25. The Hall–Kier alpha value is -3.08. The fraction of sp³-hybridized carbons (Fsp3) is 0.0588. The number of aromatic nitrogens is 2. The maximum Gasteiger partial charge on any atom is 0.223 e. The van der Waals surface area contributed by atoms with Gasteiger partial charge < -0.3 is 16.2 Å². The maximum absolute atomic E-state index is 9.27. The summed E-state index contributed by atoms with van der Waals surface area (Å²) in [7, 11) is 0. The molecule has 0 saturated carbocycles. The van der Waals surface area contributed by atoms with Gasteiger partial charge in [-0.15, -0.1) is 0 Å². The molecule has 0 spiro atoms. The van der Waals surface area contributed by atoms with Gasteiger partial charge in [-0.3, -0.25) is 0 Å². The van der Waals surface area contributed by atoms with Crippen molar-refractivity contribution in [3.05, 3.63) is 66.4 Å². The molecule has 2 aromatic carbocycles. The van der Waals surface area contributed by atoms with Crippen LogP contribution in [-0.4, -0.2) is 15.1 Å². The molecule has 110 valence electrons. The predicted octanol–water partition coefficient (Wildman–Crippen LogP) is 3.04. The molecule has 0 bridgehead atoms. The summed E-state index contributed by atoms with van der Waals surface area (Å²) >= 11 is 0. The Kier molecular flexibility index (Phi) is 3.87. The van der Waals surface area contributed by atoms with Crippen LogP contribution in [0.1, 0.15) is 5.56 Å². The Balaban J connectivity index is 1.73. The van der Waals surface area contributed by atoms with Crippen LogP contribution in [0, 0.1) is 0 Å². The third kappa shape index (κ3) is 3.32. The van der Waals surface area contributed by atoms with Crippen LogP contribution in [-0.2, 0) is 6.54 Å². The lowest BCUT2D eigenvalue weighted by molar-refractivity contribution is 0.475. The summed E-state index contributed by atoms with van der Waals surface area (Å²) in [6.07, 6.45) is 1.72. The second-order valence-electron chi connectivity index (χ2n) is 4.91. The van der Waals surface area contributed by atoms with Crippen LogP contribution >= 0.6 is 0 Å². The number of nitrogen functional groups attached to an aromatic ring is 1. The van der Waals surface area contributed by atoms with Crippen molar-refractivity contribution in [2.45, 2.75) is 6.54 Å². The number of anilines is 2. The summed E-state index contributed by atoms with van der Waals surface area (Å²) in [4.78, 5) is 8.71. The van der Waals surface area contributed by atoms with Gasteiger partial charge in [-0.25, -0.2) is 9.97 Å². The van der Waals surface area contributed by atoms with Crippen LogP contribution in [0.3, 0.4) is 0 Å². The Morgan fingerprint density at radius 1 is 0.955 bits per heavy atom. The summed E-state index contributed by atoms with van der Waals surface area (Å²) in [5.41, 5.74) is 9.29. The van der Waals surface area contributed by atoms with Gasteiger partial charge in [0.25, 0.3) is 0 Å². The van der Waals surface area contributed by atoms with Crippen LogP contribution in [0.25, 0.3) is 11.3 Å². The summed E-state index contributed by atoms with van der Waals surface area (Å²) in [6, 6.07) is 16.4. The highest BCUT2D eigenvalue weighted by molar-refractivity contribution is 5.62. The van der Waals surface area contributed by atoms with Crippen molar-refractivity contribution < 1.29 is 5.11 Å². The highest BCUT2D eigenvalue weighted by Crippen LogP contribution is 2.19. The zero-order chi connectivity index (χ0) is 15.4. The number of phenolic OH excluding ortho intramolecular Hbond substituents is 1. The van der Waals surface area contributed by atoms with Crippen molar-refractivity contribution in [1.29, 1.82) is 0 Å². The molecule has 1 aromatic heterocycles. The van der Waals surface area contributed by atoms with Gasteiger partial charge in [0.2, 0.25) is 5.95 Å². The van der Waals surface area contributed by atoms with E-state index >= 15 is 0 Å². The van der Waals surface area contributed by atoms with Crippen molar-refractivity contribution in [2.24, 2.45) is 0 Å². The van der Waals surface area contributed by atoms with Gasteiger partial charge in [0, 0.05) is 24.0 Å². The first kappa shape index (κ1) is 13.9. The molecule has 1 heterocycles. The largest absolute Gasteiger partial charge is 0.508 e. The molecule has 0 fully saturated rings. The van der Waals surface area contributed by atoms with Crippen molar-refractivity contribution >= 4 is 11.6 Å². The van der Waals surface area contributed by atoms with Gasteiger partial charge in [-0.05, 0) is 35.9 Å². The number of hydrogen-bond acceptors (Lipinski definition) is 5. The van der Waals surface area contributed by atoms with E-state index in [4.69, 9.17) is 5.73 Å². The Morgan fingerprint density at radius 3 is 2.41 bits per heavy atom. The normalized spacial score (nSPS) is 10.4. The molecule has 3 rings (SSSR count). The summed E-state index contributed by atoms with van der Waals surface area (Å²) in [5.74, 6) is 0.813. The van der Waals surface area contributed by atoms with Crippen molar-refractivity contribution in [1.82, 2.24) is 9.97 Å². The van der Waals surface area contributed by atoms with E-state index < -0.39 is 0 Å². The van der Waals surface area contributed by atoms with Gasteiger partial charge >= 0.3 is 0 Å². The summed E-state index contributed by atoms with van der Waals surface area (Å²) in [5, 5.41) is 12.4. The Labute approximate surface area is 128 Å². The molecule has 0 unspecified atom stereocenters. The van der Waals surface area contributed by atoms with E-state index in [1.165, 1.54) is 0 Å². The summed E-state index contributed by atoms with van der Waals surface area (Å²) in [6.45, 7) is 0.589. The maximum atomic E-state index is 9.27. The molecular weight excluding hydrogens is 276 g/mol. The first-order valence-corrected chi connectivity index (χ1v) is 6.91. The predicted molar refractivity (Wildman–Crippen MR) is 87.3 cm³/mol. The minimum Gasteiger partial charge on any atom is -0.508 e. The molecule has 0 amide bonds. The Bertz CT molecular complexity index is 754. The molecule has 0 radical (unpaired) electrons. The lowest BCUT2D eigenvalue weighted by Crippen LogP contribution is -2.03. The Morgan fingerprint density at radius 2 is 1.68 bits per heavy atom. The van der Waals surface area contributed by atoms with Gasteiger partial charge in [0.15, 0.2) is 0 Å². The smallest absolute Gasteiger partial charge is 0.223 e. The van der Waals surface area contributed by atoms with E-state index in [2.05, 4.69) is 15.3 Å². The van der Waals surface area contributed by atoms with E-state index in [9.17, 15) is 5.11 Å². The number of aromatic hydroxyl groups is 1. The number of nitrogens with zero attached hydrogens (tertiary/aromatic N) is 2. The second kappa shape index (κ2) is 6.13. The summed E-state index contributed by atoms with van der Waals surface area (Å²) < 4.78 is 0. The topological polar surface area (TPSA) is 84.1 Å².